The van der Waals surface area contributed by atoms with E-state index in [1.54, 1.807) is 0 Å². The number of rotatable bonds is 0. The Morgan fingerprint density at radius 1 is 1.00 bits per heavy atom. The predicted octanol–water partition coefficient (Wildman–Crippen LogP) is 4.31. The maximum atomic E-state index is 12.2. The van der Waals surface area contributed by atoms with Crippen molar-refractivity contribution in [3.63, 3.8) is 0 Å². The molecule has 0 aromatic heterocycles. The van der Waals surface area contributed by atoms with Crippen LogP contribution in [0.2, 0.25) is 0 Å². The van der Waals surface area contributed by atoms with Crippen LogP contribution in [-0.2, 0) is 14.3 Å². The highest BCUT2D eigenvalue weighted by molar-refractivity contribution is 5.92. The molecule has 1 aliphatic heterocycles. The van der Waals surface area contributed by atoms with Gasteiger partial charge in [-0.3, -0.25) is 9.59 Å². The topological polar surface area (TPSA) is 43.4 Å². The Morgan fingerprint density at radius 2 is 1.85 bits per heavy atom. The van der Waals surface area contributed by atoms with Crippen LogP contribution in [0.25, 0.3) is 0 Å². The summed E-state index contributed by atoms with van der Waals surface area (Å²) < 4.78 is 6.22. The van der Waals surface area contributed by atoms with Gasteiger partial charge in [0.1, 0.15) is 5.60 Å². The van der Waals surface area contributed by atoms with E-state index in [9.17, 15) is 9.59 Å². The van der Waals surface area contributed by atoms with Crippen molar-refractivity contribution in [1.29, 1.82) is 0 Å². The van der Waals surface area contributed by atoms with Crippen molar-refractivity contribution in [1.82, 2.24) is 0 Å². The van der Waals surface area contributed by atoms with Crippen LogP contribution in [0.5, 0.6) is 0 Å². The molecule has 0 aromatic carbocycles. The molecule has 1 spiro atoms. The van der Waals surface area contributed by atoms with Crippen LogP contribution in [0.3, 0.4) is 0 Å². The molecule has 7 rings (SSSR count). The van der Waals surface area contributed by atoms with Gasteiger partial charge in [0.05, 0.1) is 0 Å². The van der Waals surface area contributed by atoms with Crippen LogP contribution in [0.1, 0.15) is 65.2 Å². The summed E-state index contributed by atoms with van der Waals surface area (Å²) in [6, 6.07) is 0. The van der Waals surface area contributed by atoms with Gasteiger partial charge in [-0.2, -0.15) is 0 Å². The molecule has 3 heteroatoms. The summed E-state index contributed by atoms with van der Waals surface area (Å²) in [5.74, 6) is 5.65. The fraction of sp³-hybridized carbons (Fsp3) is 0.833. The minimum Gasteiger partial charge on any atom is -0.458 e. The molecule has 6 fully saturated rings. The first-order valence-electron chi connectivity index (χ1n) is 11.4. The molecule has 27 heavy (non-hydrogen) atoms. The van der Waals surface area contributed by atoms with Gasteiger partial charge in [0.15, 0.2) is 5.78 Å². The lowest BCUT2D eigenvalue weighted by Crippen LogP contribution is -2.57. The van der Waals surface area contributed by atoms with Gasteiger partial charge in [0.2, 0.25) is 0 Å². The van der Waals surface area contributed by atoms with E-state index >= 15 is 0 Å². The lowest BCUT2D eigenvalue weighted by atomic mass is 9.45. The van der Waals surface area contributed by atoms with E-state index in [0.717, 1.165) is 48.9 Å². The second kappa shape index (κ2) is 4.39. The van der Waals surface area contributed by atoms with Gasteiger partial charge in [0, 0.05) is 24.2 Å². The fourth-order valence-corrected chi connectivity index (χ4v) is 9.74. The number of fused-ring (bicyclic) bond motifs is 12. The molecular formula is C24H30O3. The van der Waals surface area contributed by atoms with Crippen molar-refractivity contribution >= 4 is 11.8 Å². The van der Waals surface area contributed by atoms with E-state index in [0.29, 0.717) is 24.0 Å². The SMILES string of the molecule is CC12CCC(=O)C=C1[C@@H]1C[C@@H]1C1C2CC[C@@]2(C)C1C1CC1[C@@]21CCC(=O)O1. The Hall–Kier alpha value is -1.12. The quantitative estimate of drug-likeness (QED) is 0.600. The summed E-state index contributed by atoms with van der Waals surface area (Å²) in [6.45, 7) is 4.99. The highest BCUT2D eigenvalue weighted by Gasteiger charge is 2.81. The normalized spacial score (nSPS) is 62.0. The smallest absolute Gasteiger partial charge is 0.306 e. The molecule has 0 radical (unpaired) electrons. The van der Waals surface area contributed by atoms with Gasteiger partial charge in [0.25, 0.3) is 0 Å². The number of carbonyl (C=O) groups is 2. The van der Waals surface area contributed by atoms with Gasteiger partial charge in [-0.15, -0.1) is 0 Å². The number of ketones is 1. The summed E-state index contributed by atoms with van der Waals surface area (Å²) in [4.78, 5) is 24.3. The van der Waals surface area contributed by atoms with E-state index in [2.05, 4.69) is 19.9 Å². The zero-order chi connectivity index (χ0) is 18.3. The molecule has 3 nitrogen and oxygen atoms in total. The monoisotopic (exact) mass is 366 g/mol. The van der Waals surface area contributed by atoms with Crippen molar-refractivity contribution in [2.24, 2.45) is 52.3 Å². The number of carbonyl (C=O) groups excluding carboxylic acids is 2. The van der Waals surface area contributed by atoms with Crippen molar-refractivity contribution in [3.8, 4) is 0 Å². The molecule has 5 saturated carbocycles. The van der Waals surface area contributed by atoms with Crippen LogP contribution >= 0.6 is 0 Å². The van der Waals surface area contributed by atoms with Crippen molar-refractivity contribution in [2.75, 3.05) is 0 Å². The van der Waals surface area contributed by atoms with Gasteiger partial charge < -0.3 is 4.74 Å². The zero-order valence-electron chi connectivity index (χ0n) is 16.5. The van der Waals surface area contributed by atoms with Gasteiger partial charge in [-0.25, -0.2) is 0 Å². The minimum absolute atomic E-state index is 0.0561. The second-order valence-corrected chi connectivity index (χ2v) is 11.5. The van der Waals surface area contributed by atoms with E-state index in [1.807, 2.05) is 0 Å². The number of hydrogen-bond donors (Lipinski definition) is 0. The number of allylic oxidation sites excluding steroid dienone is 1. The minimum atomic E-state index is -0.131. The van der Waals surface area contributed by atoms with E-state index < -0.39 is 0 Å². The van der Waals surface area contributed by atoms with Gasteiger partial charge in [-0.05, 0) is 85.5 Å². The first-order valence-corrected chi connectivity index (χ1v) is 11.4. The van der Waals surface area contributed by atoms with E-state index in [-0.39, 0.29) is 22.4 Å². The van der Waals surface area contributed by atoms with Crippen LogP contribution in [0, 0.1) is 52.3 Å². The molecular weight excluding hydrogens is 336 g/mol. The Labute approximate surface area is 161 Å². The van der Waals surface area contributed by atoms with Crippen molar-refractivity contribution < 1.29 is 14.3 Å². The molecule has 10 atom stereocenters. The standard InChI is InChI=1S/C24H30O3/c1-22-6-3-12(25)9-17(22)13-10-14(13)20-16(22)4-7-23(2)21(20)15-11-18(15)24(23)8-5-19(26)27-24/h9,13-16,18,20-21H,3-8,10-11H2,1-2H3/t13-,14+,15?,16?,18?,20?,21?,22?,23+,24+/m1/s1. The molecule has 0 bridgehead atoms. The van der Waals surface area contributed by atoms with Crippen LogP contribution in [-0.4, -0.2) is 17.4 Å². The highest BCUT2D eigenvalue weighted by Crippen LogP contribution is 2.82. The molecule has 0 N–H and O–H groups in total. The summed E-state index contributed by atoms with van der Waals surface area (Å²) >= 11 is 0. The molecule has 6 unspecified atom stereocenters. The van der Waals surface area contributed by atoms with Crippen molar-refractivity contribution in [3.05, 3.63) is 11.6 Å². The van der Waals surface area contributed by atoms with E-state index in [1.165, 1.54) is 31.3 Å². The number of hydrogen-bond acceptors (Lipinski definition) is 3. The fourth-order valence-electron chi connectivity index (χ4n) is 9.74. The third-order valence-corrected chi connectivity index (χ3v) is 10.9. The molecule has 7 aliphatic rings. The zero-order valence-corrected chi connectivity index (χ0v) is 16.5. The lowest BCUT2D eigenvalue weighted by molar-refractivity contribution is -0.177. The Balaban J connectivity index is 1.33. The maximum absolute atomic E-state index is 12.2. The third kappa shape index (κ3) is 1.58. The van der Waals surface area contributed by atoms with Gasteiger partial charge in [-0.1, -0.05) is 19.4 Å². The predicted molar refractivity (Wildman–Crippen MR) is 99.5 cm³/mol. The third-order valence-electron chi connectivity index (χ3n) is 10.9. The van der Waals surface area contributed by atoms with Gasteiger partial charge >= 0.3 is 5.97 Å². The molecule has 0 aromatic rings. The summed E-state index contributed by atoms with van der Waals surface area (Å²) in [7, 11) is 0. The van der Waals surface area contributed by atoms with E-state index in [4.69, 9.17) is 4.74 Å². The maximum Gasteiger partial charge on any atom is 0.306 e. The first kappa shape index (κ1) is 15.8. The second-order valence-electron chi connectivity index (χ2n) is 11.5. The lowest BCUT2D eigenvalue weighted by Gasteiger charge is -2.60. The molecule has 0 amide bonds. The summed E-state index contributed by atoms with van der Waals surface area (Å²) in [5, 5.41) is 0. The number of esters is 1. The molecule has 6 aliphatic carbocycles. The van der Waals surface area contributed by atoms with Crippen LogP contribution in [0.4, 0.5) is 0 Å². The Bertz CT molecular complexity index is 827. The molecule has 1 heterocycles. The summed E-state index contributed by atoms with van der Waals surface area (Å²) in [6.07, 6.45) is 10.6. The highest BCUT2D eigenvalue weighted by atomic mass is 16.6. The van der Waals surface area contributed by atoms with Crippen molar-refractivity contribution in [2.45, 2.75) is 70.8 Å². The summed E-state index contributed by atoms with van der Waals surface area (Å²) in [5.41, 5.74) is 1.85. The largest absolute Gasteiger partial charge is 0.458 e. The Kier molecular flexibility index (Phi) is 2.56. The molecule has 1 saturated heterocycles. The van der Waals surface area contributed by atoms with Crippen LogP contribution < -0.4 is 0 Å². The Morgan fingerprint density at radius 3 is 2.63 bits per heavy atom. The van der Waals surface area contributed by atoms with Crippen LogP contribution in [0.15, 0.2) is 11.6 Å². The average Bonchev–Trinajstić information content (AvgIpc) is 3.53. The average molecular weight is 367 g/mol. The first-order chi connectivity index (χ1) is 12.9. The number of ether oxygens (including phenoxy) is 1. The molecule has 144 valence electrons.